The highest BCUT2D eigenvalue weighted by atomic mass is 16.5. The molecule has 0 aromatic carbocycles. The lowest BCUT2D eigenvalue weighted by Gasteiger charge is -2.35. The third-order valence-electron chi connectivity index (χ3n) is 4.91. The Balaban J connectivity index is 1.57. The predicted octanol–water partition coefficient (Wildman–Crippen LogP) is 0.952. The highest BCUT2D eigenvalue weighted by Gasteiger charge is 2.39. The van der Waals surface area contributed by atoms with Gasteiger partial charge in [-0.15, -0.1) is 0 Å². The molecule has 23 heavy (non-hydrogen) atoms. The minimum atomic E-state index is -0.358. The van der Waals surface area contributed by atoms with Crippen molar-refractivity contribution < 1.29 is 19.0 Å². The molecule has 0 aromatic heterocycles. The molecular formula is C17H32N2O4. The fourth-order valence-corrected chi connectivity index (χ4v) is 3.35. The van der Waals surface area contributed by atoms with E-state index in [0.717, 1.165) is 65.0 Å². The van der Waals surface area contributed by atoms with Crippen LogP contribution in [-0.2, 0) is 19.0 Å². The number of hydrogen-bond acceptors (Lipinski definition) is 5. The Kier molecular flexibility index (Phi) is 8.30. The van der Waals surface area contributed by atoms with Gasteiger partial charge in [-0.2, -0.15) is 0 Å². The van der Waals surface area contributed by atoms with Gasteiger partial charge in [0, 0.05) is 40.1 Å². The first-order valence-electron chi connectivity index (χ1n) is 8.90. The van der Waals surface area contributed by atoms with Crippen molar-refractivity contribution in [3.8, 4) is 0 Å². The third kappa shape index (κ3) is 6.03. The van der Waals surface area contributed by atoms with Crippen molar-refractivity contribution in [1.82, 2.24) is 10.6 Å². The van der Waals surface area contributed by atoms with Crippen molar-refractivity contribution in [2.24, 2.45) is 11.3 Å². The Morgan fingerprint density at radius 2 is 2.04 bits per heavy atom. The maximum absolute atomic E-state index is 12.5. The molecule has 2 fully saturated rings. The molecule has 2 aliphatic heterocycles. The molecule has 0 aliphatic carbocycles. The largest absolute Gasteiger partial charge is 0.384 e. The summed E-state index contributed by atoms with van der Waals surface area (Å²) in [6.45, 7) is 6.18. The summed E-state index contributed by atoms with van der Waals surface area (Å²) < 4.78 is 16.4. The van der Waals surface area contributed by atoms with E-state index in [4.69, 9.17) is 14.2 Å². The first kappa shape index (κ1) is 18.6. The van der Waals surface area contributed by atoms with Gasteiger partial charge in [-0.1, -0.05) is 0 Å². The molecule has 2 rings (SSSR count). The summed E-state index contributed by atoms with van der Waals surface area (Å²) in [4.78, 5) is 12.5. The van der Waals surface area contributed by atoms with Crippen LogP contribution in [0.15, 0.2) is 0 Å². The Morgan fingerprint density at radius 1 is 1.30 bits per heavy atom. The van der Waals surface area contributed by atoms with Crippen LogP contribution in [0, 0.1) is 11.3 Å². The minimum Gasteiger partial charge on any atom is -0.384 e. The molecule has 2 aliphatic rings. The summed E-state index contributed by atoms with van der Waals surface area (Å²) in [7, 11) is 1.67. The van der Waals surface area contributed by atoms with E-state index in [0.29, 0.717) is 25.7 Å². The topological polar surface area (TPSA) is 68.8 Å². The smallest absolute Gasteiger partial charge is 0.228 e. The molecule has 0 atom stereocenters. The van der Waals surface area contributed by atoms with Crippen LogP contribution in [0.4, 0.5) is 0 Å². The summed E-state index contributed by atoms with van der Waals surface area (Å²) in [6, 6.07) is 0. The molecule has 6 nitrogen and oxygen atoms in total. The fourth-order valence-electron chi connectivity index (χ4n) is 3.35. The van der Waals surface area contributed by atoms with Gasteiger partial charge in [0.15, 0.2) is 0 Å². The first-order chi connectivity index (χ1) is 11.3. The molecule has 2 heterocycles. The van der Waals surface area contributed by atoms with E-state index >= 15 is 0 Å². The Bertz CT molecular complexity index is 334. The van der Waals surface area contributed by atoms with E-state index in [2.05, 4.69) is 10.6 Å². The quantitative estimate of drug-likeness (QED) is 0.617. The van der Waals surface area contributed by atoms with Crippen LogP contribution in [0.1, 0.15) is 32.1 Å². The predicted molar refractivity (Wildman–Crippen MR) is 88.4 cm³/mol. The molecule has 134 valence electrons. The van der Waals surface area contributed by atoms with Gasteiger partial charge in [-0.3, -0.25) is 4.79 Å². The molecule has 2 N–H and O–H groups in total. The van der Waals surface area contributed by atoms with E-state index < -0.39 is 0 Å². The third-order valence-corrected chi connectivity index (χ3v) is 4.91. The maximum Gasteiger partial charge on any atom is 0.228 e. The van der Waals surface area contributed by atoms with Crippen molar-refractivity contribution in [3.05, 3.63) is 0 Å². The van der Waals surface area contributed by atoms with Gasteiger partial charge in [-0.25, -0.2) is 0 Å². The molecule has 6 heteroatoms. The second kappa shape index (κ2) is 10.2. The van der Waals surface area contributed by atoms with Gasteiger partial charge in [0.05, 0.1) is 12.0 Å². The average molecular weight is 328 g/mol. The lowest BCUT2D eigenvalue weighted by molar-refractivity contribution is -0.136. The van der Waals surface area contributed by atoms with Gasteiger partial charge in [0.1, 0.15) is 0 Å². The number of ether oxygens (including phenoxy) is 3. The zero-order valence-corrected chi connectivity index (χ0v) is 14.4. The number of carbonyl (C=O) groups excluding carboxylic acids is 1. The summed E-state index contributed by atoms with van der Waals surface area (Å²) in [5.74, 6) is 0.767. The van der Waals surface area contributed by atoms with Crippen molar-refractivity contribution in [2.75, 3.05) is 59.8 Å². The Hall–Kier alpha value is -0.690. The summed E-state index contributed by atoms with van der Waals surface area (Å²) in [5, 5.41) is 6.37. The van der Waals surface area contributed by atoms with Crippen molar-refractivity contribution in [1.29, 1.82) is 0 Å². The van der Waals surface area contributed by atoms with Crippen LogP contribution in [0.5, 0.6) is 0 Å². The summed E-state index contributed by atoms with van der Waals surface area (Å²) >= 11 is 0. The van der Waals surface area contributed by atoms with Crippen LogP contribution in [-0.4, -0.2) is 65.7 Å². The second-order valence-electron chi connectivity index (χ2n) is 6.70. The molecule has 0 unspecified atom stereocenters. The first-order valence-corrected chi connectivity index (χ1v) is 8.90. The van der Waals surface area contributed by atoms with E-state index in [1.54, 1.807) is 7.11 Å². The molecule has 0 radical (unpaired) electrons. The van der Waals surface area contributed by atoms with Crippen LogP contribution in [0.25, 0.3) is 0 Å². The van der Waals surface area contributed by atoms with Gasteiger partial charge < -0.3 is 24.8 Å². The molecule has 0 spiro atoms. The number of nitrogens with one attached hydrogen (secondary N) is 2. The second-order valence-corrected chi connectivity index (χ2v) is 6.70. The molecule has 0 aromatic rings. The van der Waals surface area contributed by atoms with E-state index in [-0.39, 0.29) is 11.3 Å². The van der Waals surface area contributed by atoms with Gasteiger partial charge in [0.2, 0.25) is 5.91 Å². The van der Waals surface area contributed by atoms with Gasteiger partial charge >= 0.3 is 0 Å². The zero-order valence-electron chi connectivity index (χ0n) is 14.4. The molecular weight excluding hydrogens is 296 g/mol. The number of amides is 1. The zero-order chi connectivity index (χ0) is 16.4. The number of methoxy groups -OCH3 is 1. The number of carbonyl (C=O) groups is 1. The lowest BCUT2D eigenvalue weighted by atomic mass is 9.78. The van der Waals surface area contributed by atoms with Crippen LogP contribution in [0.2, 0.25) is 0 Å². The number of rotatable bonds is 9. The van der Waals surface area contributed by atoms with E-state index in [1.165, 1.54) is 0 Å². The molecule has 1 amide bonds. The standard InChI is InChI=1S/C17H32N2O4/c1-21-14-17(5-8-18-9-6-17)16(20)19-7-2-10-23-13-15-3-11-22-12-4-15/h15,18H,2-14H2,1H3,(H,19,20). The number of hydrogen-bond donors (Lipinski definition) is 2. The maximum atomic E-state index is 12.5. The molecule has 0 bridgehead atoms. The molecule has 2 saturated heterocycles. The lowest BCUT2D eigenvalue weighted by Crippen LogP contribution is -2.50. The van der Waals surface area contributed by atoms with Crippen LogP contribution < -0.4 is 10.6 Å². The summed E-state index contributed by atoms with van der Waals surface area (Å²) in [6.07, 6.45) is 4.74. The van der Waals surface area contributed by atoms with Gasteiger partial charge in [0.25, 0.3) is 0 Å². The van der Waals surface area contributed by atoms with Crippen molar-refractivity contribution in [3.63, 3.8) is 0 Å². The Labute approximate surface area is 139 Å². The number of piperidine rings is 1. The van der Waals surface area contributed by atoms with Gasteiger partial charge in [-0.05, 0) is 51.1 Å². The molecule has 0 saturated carbocycles. The van der Waals surface area contributed by atoms with Crippen LogP contribution in [0.3, 0.4) is 0 Å². The van der Waals surface area contributed by atoms with Crippen molar-refractivity contribution in [2.45, 2.75) is 32.1 Å². The van der Waals surface area contributed by atoms with E-state index in [9.17, 15) is 4.79 Å². The average Bonchev–Trinajstić information content (AvgIpc) is 2.60. The van der Waals surface area contributed by atoms with Crippen LogP contribution >= 0.6 is 0 Å². The normalized spacial score (nSPS) is 22.0. The van der Waals surface area contributed by atoms with E-state index in [1.807, 2.05) is 0 Å². The van der Waals surface area contributed by atoms with Crippen molar-refractivity contribution >= 4 is 5.91 Å². The minimum absolute atomic E-state index is 0.130. The summed E-state index contributed by atoms with van der Waals surface area (Å²) in [5.41, 5.74) is -0.358. The Morgan fingerprint density at radius 3 is 2.74 bits per heavy atom. The SMILES string of the molecule is COCC1(C(=O)NCCCOCC2CCOCC2)CCNCC1. The fraction of sp³-hybridized carbons (Fsp3) is 0.941. The monoisotopic (exact) mass is 328 g/mol. The highest BCUT2D eigenvalue weighted by Crippen LogP contribution is 2.29. The highest BCUT2D eigenvalue weighted by molar-refractivity contribution is 5.82.